The lowest BCUT2D eigenvalue weighted by Gasteiger charge is -2.26. The van der Waals surface area contributed by atoms with Crippen molar-refractivity contribution >= 4 is 24.2 Å². The highest BCUT2D eigenvalue weighted by Gasteiger charge is 2.28. The normalized spacial score (nSPS) is 18.9. The van der Waals surface area contributed by atoms with Crippen molar-refractivity contribution in [3.63, 3.8) is 0 Å². The van der Waals surface area contributed by atoms with Gasteiger partial charge in [0.15, 0.2) is 0 Å². The van der Waals surface area contributed by atoms with Gasteiger partial charge in [0.1, 0.15) is 0 Å². The van der Waals surface area contributed by atoms with Crippen LogP contribution in [0.2, 0.25) is 0 Å². The number of benzene rings is 1. The standard InChI is InChI=1S/C15H15BO2/c1-15(2)7-3-4-11-8-10-5-6-12(16(17)18)9-13(10)14(11)15/h3-9,17-18H,1-2H3. The van der Waals surface area contributed by atoms with Crippen LogP contribution in [-0.2, 0) is 0 Å². The van der Waals surface area contributed by atoms with Gasteiger partial charge in [0.25, 0.3) is 0 Å². The molecule has 3 heteroatoms. The minimum Gasteiger partial charge on any atom is -0.423 e. The maximum absolute atomic E-state index is 9.29. The van der Waals surface area contributed by atoms with Crippen molar-refractivity contribution in [2.24, 2.45) is 5.41 Å². The molecule has 0 unspecified atom stereocenters. The zero-order valence-electron chi connectivity index (χ0n) is 10.5. The Morgan fingerprint density at radius 3 is 2.67 bits per heavy atom. The largest absolute Gasteiger partial charge is 0.488 e. The van der Waals surface area contributed by atoms with Gasteiger partial charge in [-0.05, 0) is 33.1 Å². The summed E-state index contributed by atoms with van der Waals surface area (Å²) in [6.07, 6.45) is 8.53. The smallest absolute Gasteiger partial charge is 0.423 e. The number of fused-ring (bicyclic) bond motifs is 2. The first kappa shape index (κ1) is 11.5. The van der Waals surface area contributed by atoms with Crippen molar-refractivity contribution < 1.29 is 10.0 Å². The summed E-state index contributed by atoms with van der Waals surface area (Å²) in [5.74, 6) is 0. The lowest BCUT2D eigenvalue weighted by Crippen LogP contribution is -2.38. The molecule has 2 nitrogen and oxygen atoms in total. The molecule has 0 bridgehead atoms. The molecule has 0 atom stereocenters. The van der Waals surface area contributed by atoms with Crippen LogP contribution in [0.15, 0.2) is 42.0 Å². The molecule has 0 aliphatic heterocycles. The lowest BCUT2D eigenvalue weighted by atomic mass is 9.76. The maximum atomic E-state index is 9.29. The van der Waals surface area contributed by atoms with E-state index in [9.17, 15) is 10.0 Å². The average molecular weight is 238 g/mol. The molecule has 0 saturated heterocycles. The first-order valence-electron chi connectivity index (χ1n) is 6.11. The highest BCUT2D eigenvalue weighted by Crippen LogP contribution is 2.38. The van der Waals surface area contributed by atoms with Gasteiger partial charge >= 0.3 is 7.12 Å². The molecule has 1 aromatic rings. The molecule has 90 valence electrons. The maximum Gasteiger partial charge on any atom is 0.488 e. The number of allylic oxidation sites excluding steroid dienone is 4. The topological polar surface area (TPSA) is 40.5 Å². The van der Waals surface area contributed by atoms with E-state index in [2.05, 4.69) is 38.2 Å². The third-order valence-corrected chi connectivity index (χ3v) is 3.68. The first-order chi connectivity index (χ1) is 8.49. The van der Waals surface area contributed by atoms with E-state index in [1.807, 2.05) is 12.1 Å². The second-order valence-electron chi connectivity index (χ2n) is 5.44. The van der Waals surface area contributed by atoms with Crippen LogP contribution in [-0.4, -0.2) is 17.2 Å². The van der Waals surface area contributed by atoms with Crippen molar-refractivity contribution in [1.82, 2.24) is 0 Å². The molecule has 0 heterocycles. The summed E-state index contributed by atoms with van der Waals surface area (Å²) in [6.45, 7) is 4.35. The highest BCUT2D eigenvalue weighted by molar-refractivity contribution is 6.58. The Morgan fingerprint density at radius 1 is 1.17 bits per heavy atom. The molecule has 0 spiro atoms. The second kappa shape index (κ2) is 3.71. The first-order valence-corrected chi connectivity index (χ1v) is 6.11. The molecule has 0 radical (unpaired) electrons. The van der Waals surface area contributed by atoms with Gasteiger partial charge in [-0.15, -0.1) is 0 Å². The summed E-state index contributed by atoms with van der Waals surface area (Å²) in [5, 5.41) is 20.8. The molecule has 0 aromatic heterocycles. The van der Waals surface area contributed by atoms with Crippen LogP contribution in [0.4, 0.5) is 0 Å². The van der Waals surface area contributed by atoms with Crippen LogP contribution >= 0.6 is 0 Å². The SMILES string of the molecule is CC1(C)C=CC=C2C=c3ccc(B(O)O)cc3=C21. The Balaban J connectivity index is 2.36. The van der Waals surface area contributed by atoms with Crippen molar-refractivity contribution in [3.05, 3.63) is 52.4 Å². The van der Waals surface area contributed by atoms with Crippen molar-refractivity contribution in [1.29, 1.82) is 0 Å². The number of hydrogen-bond donors (Lipinski definition) is 2. The summed E-state index contributed by atoms with van der Waals surface area (Å²) >= 11 is 0. The Bertz CT molecular complexity index is 694. The van der Waals surface area contributed by atoms with Gasteiger partial charge < -0.3 is 10.0 Å². The summed E-state index contributed by atoms with van der Waals surface area (Å²) in [6, 6.07) is 5.60. The zero-order valence-corrected chi connectivity index (χ0v) is 10.5. The molecule has 2 N–H and O–H groups in total. The molecule has 1 aromatic carbocycles. The van der Waals surface area contributed by atoms with E-state index < -0.39 is 7.12 Å². The van der Waals surface area contributed by atoms with E-state index in [4.69, 9.17) is 0 Å². The Morgan fingerprint density at radius 2 is 1.94 bits per heavy atom. The molecule has 0 saturated carbocycles. The van der Waals surface area contributed by atoms with Crippen LogP contribution in [0.25, 0.3) is 11.6 Å². The lowest BCUT2D eigenvalue weighted by molar-refractivity contribution is 0.425. The minimum atomic E-state index is -1.41. The van der Waals surface area contributed by atoms with Gasteiger partial charge in [-0.1, -0.05) is 50.3 Å². The van der Waals surface area contributed by atoms with E-state index in [1.54, 1.807) is 6.07 Å². The van der Waals surface area contributed by atoms with Crippen LogP contribution in [0.5, 0.6) is 0 Å². The number of rotatable bonds is 1. The predicted octanol–water partition coefficient (Wildman–Crippen LogP) is -0.166. The summed E-state index contributed by atoms with van der Waals surface area (Å²) in [7, 11) is -1.41. The predicted molar refractivity (Wildman–Crippen MR) is 74.4 cm³/mol. The zero-order chi connectivity index (χ0) is 12.9. The Labute approximate surface area is 106 Å². The molecule has 2 aliphatic rings. The van der Waals surface area contributed by atoms with E-state index in [0.29, 0.717) is 5.46 Å². The number of hydrogen-bond acceptors (Lipinski definition) is 2. The molecular formula is C15H15BO2. The fraction of sp³-hybridized carbons (Fsp3) is 0.200. The van der Waals surface area contributed by atoms with Gasteiger partial charge in [-0.3, -0.25) is 0 Å². The molecular weight excluding hydrogens is 223 g/mol. The fourth-order valence-electron chi connectivity index (χ4n) is 2.80. The second-order valence-corrected chi connectivity index (χ2v) is 5.44. The monoisotopic (exact) mass is 238 g/mol. The Kier molecular flexibility index (Phi) is 2.37. The average Bonchev–Trinajstić information content (AvgIpc) is 2.66. The van der Waals surface area contributed by atoms with Gasteiger partial charge in [0.2, 0.25) is 0 Å². The van der Waals surface area contributed by atoms with Gasteiger partial charge in [-0.25, -0.2) is 0 Å². The molecule has 3 rings (SSSR count). The van der Waals surface area contributed by atoms with E-state index in [-0.39, 0.29) is 5.41 Å². The van der Waals surface area contributed by atoms with Crippen LogP contribution in [0, 0.1) is 5.41 Å². The third-order valence-electron chi connectivity index (χ3n) is 3.68. The Hall–Kier alpha value is -1.58. The third kappa shape index (κ3) is 1.59. The van der Waals surface area contributed by atoms with Crippen molar-refractivity contribution in [2.75, 3.05) is 0 Å². The molecule has 0 amide bonds. The molecule has 2 aliphatic carbocycles. The summed E-state index contributed by atoms with van der Waals surface area (Å²) in [4.78, 5) is 0. The van der Waals surface area contributed by atoms with Crippen LogP contribution in [0.3, 0.4) is 0 Å². The summed E-state index contributed by atoms with van der Waals surface area (Å²) < 4.78 is 0. The molecule has 0 fully saturated rings. The van der Waals surface area contributed by atoms with E-state index >= 15 is 0 Å². The van der Waals surface area contributed by atoms with E-state index in [1.165, 1.54) is 11.1 Å². The van der Waals surface area contributed by atoms with Gasteiger partial charge in [-0.2, -0.15) is 0 Å². The summed E-state index contributed by atoms with van der Waals surface area (Å²) in [5.41, 5.74) is 3.01. The van der Waals surface area contributed by atoms with E-state index in [0.717, 1.165) is 10.4 Å². The van der Waals surface area contributed by atoms with Gasteiger partial charge in [0.05, 0.1) is 0 Å². The van der Waals surface area contributed by atoms with Crippen molar-refractivity contribution in [3.8, 4) is 0 Å². The minimum absolute atomic E-state index is 0.0230. The van der Waals surface area contributed by atoms with Gasteiger partial charge in [0, 0.05) is 5.41 Å². The van der Waals surface area contributed by atoms with Crippen LogP contribution in [0.1, 0.15) is 13.8 Å². The van der Waals surface area contributed by atoms with Crippen molar-refractivity contribution in [2.45, 2.75) is 13.8 Å². The molecule has 18 heavy (non-hydrogen) atoms. The quantitative estimate of drug-likeness (QED) is 0.667. The van der Waals surface area contributed by atoms with Crippen LogP contribution < -0.4 is 15.9 Å². The highest BCUT2D eigenvalue weighted by atomic mass is 16.4. The fourth-order valence-corrected chi connectivity index (χ4v) is 2.80.